The highest BCUT2D eigenvalue weighted by atomic mass is 16.6. The maximum absolute atomic E-state index is 11.2. The van der Waals surface area contributed by atoms with E-state index in [9.17, 15) is 4.79 Å². The molecule has 3 nitrogen and oxygen atoms in total. The number of carbonyl (C=O) groups excluding carboxylic acids is 1. The molecule has 3 heteroatoms. The molecule has 1 fully saturated rings. The van der Waals surface area contributed by atoms with Crippen LogP contribution in [-0.4, -0.2) is 24.8 Å². The molecular formula is C17H30O3. The second kappa shape index (κ2) is 9.17. The molecule has 0 aromatic carbocycles. The highest BCUT2D eigenvalue weighted by molar-refractivity contribution is 5.86. The van der Waals surface area contributed by atoms with E-state index in [0.717, 1.165) is 18.8 Å². The van der Waals surface area contributed by atoms with Crippen LogP contribution in [0.4, 0.5) is 0 Å². The summed E-state index contributed by atoms with van der Waals surface area (Å²) < 4.78 is 10.7. The summed E-state index contributed by atoms with van der Waals surface area (Å²) >= 11 is 0. The first kappa shape index (κ1) is 17.2. The molecule has 20 heavy (non-hydrogen) atoms. The summed E-state index contributed by atoms with van der Waals surface area (Å²) in [6.07, 6.45) is 9.20. The summed E-state index contributed by atoms with van der Waals surface area (Å²) in [4.78, 5) is 11.2. The van der Waals surface area contributed by atoms with Crippen molar-refractivity contribution < 1.29 is 14.3 Å². The Kier molecular flexibility index (Phi) is 7.90. The van der Waals surface area contributed by atoms with Gasteiger partial charge in [-0.1, -0.05) is 52.5 Å². The predicted octanol–water partition coefficient (Wildman–Crippen LogP) is 4.26. The van der Waals surface area contributed by atoms with E-state index in [0.29, 0.717) is 24.4 Å². The van der Waals surface area contributed by atoms with Crippen LogP contribution in [0.3, 0.4) is 0 Å². The van der Waals surface area contributed by atoms with E-state index in [-0.39, 0.29) is 5.97 Å². The smallest absolute Gasteiger partial charge is 0.333 e. The average molecular weight is 282 g/mol. The van der Waals surface area contributed by atoms with Crippen molar-refractivity contribution in [3.05, 3.63) is 12.2 Å². The largest absolute Gasteiger partial charge is 0.462 e. The van der Waals surface area contributed by atoms with Crippen molar-refractivity contribution >= 4 is 5.97 Å². The van der Waals surface area contributed by atoms with Gasteiger partial charge in [0.25, 0.3) is 0 Å². The molecule has 1 saturated heterocycles. The minimum absolute atomic E-state index is 0.299. The van der Waals surface area contributed by atoms with E-state index < -0.39 is 0 Å². The second-order valence-corrected chi connectivity index (χ2v) is 6.10. The molecule has 1 aliphatic rings. The minimum atomic E-state index is -0.299. The van der Waals surface area contributed by atoms with E-state index in [1.54, 1.807) is 6.92 Å². The maximum atomic E-state index is 11.2. The highest BCUT2D eigenvalue weighted by Gasteiger charge is 2.37. The summed E-state index contributed by atoms with van der Waals surface area (Å²) in [5.74, 6) is 0.560. The van der Waals surface area contributed by atoms with Crippen molar-refractivity contribution in [1.29, 1.82) is 0 Å². The molecule has 0 aromatic rings. The Morgan fingerprint density at radius 3 is 2.60 bits per heavy atom. The lowest BCUT2D eigenvalue weighted by Gasteiger charge is -2.08. The van der Waals surface area contributed by atoms with Crippen LogP contribution in [-0.2, 0) is 14.3 Å². The molecule has 1 rings (SSSR count). The number of epoxide rings is 1. The van der Waals surface area contributed by atoms with E-state index in [2.05, 4.69) is 20.4 Å². The number of hydrogen-bond acceptors (Lipinski definition) is 3. The summed E-state index contributed by atoms with van der Waals surface area (Å²) in [6.45, 7) is 10.3. The van der Waals surface area contributed by atoms with Crippen LogP contribution < -0.4 is 0 Å². The fraction of sp³-hybridized carbons (Fsp3) is 0.824. The number of unbranched alkanes of at least 4 members (excludes halogenated alkanes) is 1. The van der Waals surface area contributed by atoms with Gasteiger partial charge in [-0.2, -0.15) is 0 Å². The van der Waals surface area contributed by atoms with E-state index in [1.807, 2.05) is 0 Å². The molecule has 0 saturated carbocycles. The number of esters is 1. The van der Waals surface area contributed by atoms with Gasteiger partial charge in [0.1, 0.15) is 0 Å². The normalized spacial score (nSPS) is 22.4. The summed E-state index contributed by atoms with van der Waals surface area (Å²) in [5.41, 5.74) is 0.458. The first-order chi connectivity index (χ1) is 9.54. The fourth-order valence-corrected chi connectivity index (χ4v) is 2.55. The van der Waals surface area contributed by atoms with Gasteiger partial charge in [0.15, 0.2) is 0 Å². The molecule has 0 radical (unpaired) electrons. The molecule has 0 bridgehead atoms. The van der Waals surface area contributed by atoms with Gasteiger partial charge in [-0.15, -0.1) is 0 Å². The monoisotopic (exact) mass is 282 g/mol. The van der Waals surface area contributed by atoms with Crippen LogP contribution >= 0.6 is 0 Å². The fourth-order valence-electron chi connectivity index (χ4n) is 2.55. The quantitative estimate of drug-likeness (QED) is 0.246. The van der Waals surface area contributed by atoms with E-state index in [1.165, 1.54) is 32.1 Å². The Hall–Kier alpha value is -0.830. The number of ether oxygens (including phenoxy) is 2. The first-order valence-corrected chi connectivity index (χ1v) is 8.02. The lowest BCUT2D eigenvalue weighted by molar-refractivity contribution is -0.139. The number of rotatable bonds is 11. The van der Waals surface area contributed by atoms with Crippen molar-refractivity contribution in [2.24, 2.45) is 5.92 Å². The molecule has 3 unspecified atom stereocenters. The Balaban J connectivity index is 1.93. The third-order valence-corrected chi connectivity index (χ3v) is 3.89. The van der Waals surface area contributed by atoms with Crippen LogP contribution in [0.2, 0.25) is 0 Å². The van der Waals surface area contributed by atoms with Gasteiger partial charge < -0.3 is 9.47 Å². The third kappa shape index (κ3) is 7.09. The lowest BCUT2D eigenvalue weighted by Crippen LogP contribution is -2.08. The molecule has 0 spiro atoms. The minimum Gasteiger partial charge on any atom is -0.462 e. The zero-order valence-corrected chi connectivity index (χ0v) is 13.3. The van der Waals surface area contributed by atoms with Crippen molar-refractivity contribution in [3.63, 3.8) is 0 Å². The Labute approximate surface area is 123 Å². The SMILES string of the molecule is C=C(C)C(=O)OCCC1OC1CCCCC(C)CCC. The zero-order valence-electron chi connectivity index (χ0n) is 13.3. The molecule has 0 aromatic heterocycles. The van der Waals surface area contributed by atoms with Gasteiger partial charge in [0.05, 0.1) is 18.8 Å². The van der Waals surface area contributed by atoms with Crippen LogP contribution in [0.25, 0.3) is 0 Å². The molecule has 116 valence electrons. The van der Waals surface area contributed by atoms with Gasteiger partial charge in [-0.05, 0) is 19.3 Å². The van der Waals surface area contributed by atoms with E-state index in [4.69, 9.17) is 9.47 Å². The molecule has 0 amide bonds. The molecule has 0 N–H and O–H groups in total. The highest BCUT2D eigenvalue weighted by Crippen LogP contribution is 2.30. The number of hydrogen-bond donors (Lipinski definition) is 0. The predicted molar refractivity (Wildman–Crippen MR) is 81.6 cm³/mol. The Morgan fingerprint density at radius 2 is 1.95 bits per heavy atom. The molecule has 1 heterocycles. The van der Waals surface area contributed by atoms with Crippen molar-refractivity contribution in [2.45, 2.75) is 77.9 Å². The Bertz CT molecular complexity index is 311. The van der Waals surface area contributed by atoms with Crippen molar-refractivity contribution in [1.82, 2.24) is 0 Å². The lowest BCUT2D eigenvalue weighted by atomic mass is 9.98. The second-order valence-electron chi connectivity index (χ2n) is 6.10. The van der Waals surface area contributed by atoms with Crippen LogP contribution in [0, 0.1) is 5.92 Å². The van der Waals surface area contributed by atoms with Crippen molar-refractivity contribution in [3.8, 4) is 0 Å². The zero-order chi connectivity index (χ0) is 15.0. The summed E-state index contributed by atoms with van der Waals surface area (Å²) in [7, 11) is 0. The van der Waals surface area contributed by atoms with Crippen LogP contribution in [0.1, 0.15) is 65.7 Å². The molecule has 1 aliphatic heterocycles. The van der Waals surface area contributed by atoms with Gasteiger partial charge in [-0.3, -0.25) is 0 Å². The van der Waals surface area contributed by atoms with Gasteiger partial charge in [0.2, 0.25) is 0 Å². The van der Waals surface area contributed by atoms with Gasteiger partial charge in [0, 0.05) is 12.0 Å². The summed E-state index contributed by atoms with van der Waals surface area (Å²) in [5, 5.41) is 0. The molecule has 3 atom stereocenters. The third-order valence-electron chi connectivity index (χ3n) is 3.89. The van der Waals surface area contributed by atoms with Crippen LogP contribution in [0.5, 0.6) is 0 Å². The van der Waals surface area contributed by atoms with Gasteiger partial charge >= 0.3 is 5.97 Å². The molecular weight excluding hydrogens is 252 g/mol. The Morgan fingerprint density at radius 1 is 1.25 bits per heavy atom. The summed E-state index contributed by atoms with van der Waals surface area (Å²) in [6, 6.07) is 0. The van der Waals surface area contributed by atoms with E-state index >= 15 is 0 Å². The standard InChI is InChI=1S/C17H30O3/c1-5-8-14(4)9-6-7-10-15-16(20-15)11-12-19-17(18)13(2)3/h14-16H,2,5-12H2,1,3-4H3. The van der Waals surface area contributed by atoms with Gasteiger partial charge in [-0.25, -0.2) is 4.79 Å². The topological polar surface area (TPSA) is 38.8 Å². The average Bonchev–Trinajstić information content (AvgIpc) is 3.13. The number of carbonyl (C=O) groups is 1. The van der Waals surface area contributed by atoms with Crippen molar-refractivity contribution in [2.75, 3.05) is 6.61 Å². The first-order valence-electron chi connectivity index (χ1n) is 8.02. The molecule has 0 aliphatic carbocycles. The van der Waals surface area contributed by atoms with Crippen LogP contribution in [0.15, 0.2) is 12.2 Å². The maximum Gasteiger partial charge on any atom is 0.333 e.